The van der Waals surface area contributed by atoms with Crippen LogP contribution >= 0.6 is 0 Å². The Kier molecular flexibility index (Phi) is 4.97. The van der Waals surface area contributed by atoms with Crippen LogP contribution in [0.25, 0.3) is 5.65 Å². The Morgan fingerprint density at radius 1 is 1.17 bits per heavy atom. The van der Waals surface area contributed by atoms with E-state index in [1.54, 1.807) is 6.20 Å². The number of imidazole rings is 1. The number of hydrogen-bond acceptors (Lipinski definition) is 6. The molecule has 0 unspecified atom stereocenters. The lowest BCUT2D eigenvalue weighted by atomic mass is 10.3. The highest BCUT2D eigenvalue weighted by atomic mass is 32.2. The van der Waals surface area contributed by atoms with Crippen LogP contribution < -0.4 is 4.74 Å². The summed E-state index contributed by atoms with van der Waals surface area (Å²) in [7, 11) is -3.74. The first-order chi connectivity index (χ1) is 13.8. The molecular weight excluding hydrogens is 396 g/mol. The minimum absolute atomic E-state index is 0.00334. The number of nitro groups is 1. The lowest BCUT2D eigenvalue weighted by Gasteiger charge is -2.15. The third-order valence-corrected chi connectivity index (χ3v) is 6.75. The van der Waals surface area contributed by atoms with Gasteiger partial charge in [-0.25, -0.2) is 13.4 Å². The lowest BCUT2D eigenvalue weighted by molar-refractivity contribution is -0.386. The Balaban J connectivity index is 1.58. The molecule has 4 rings (SSSR count). The molecule has 9 nitrogen and oxygen atoms in total. The van der Waals surface area contributed by atoms with Crippen LogP contribution in [0.4, 0.5) is 5.69 Å². The van der Waals surface area contributed by atoms with Crippen molar-refractivity contribution < 1.29 is 18.1 Å². The first kappa shape index (κ1) is 19.3. The molecule has 3 aromatic rings. The summed E-state index contributed by atoms with van der Waals surface area (Å²) in [6.45, 7) is 2.86. The molecule has 1 fully saturated rings. The van der Waals surface area contributed by atoms with Gasteiger partial charge in [0, 0.05) is 31.5 Å². The van der Waals surface area contributed by atoms with E-state index in [1.807, 2.05) is 29.7 Å². The number of fused-ring (bicyclic) bond motifs is 1. The van der Waals surface area contributed by atoms with Crippen molar-refractivity contribution >= 4 is 21.4 Å². The monoisotopic (exact) mass is 416 g/mol. The number of benzene rings is 1. The largest absolute Gasteiger partial charge is 0.480 e. The van der Waals surface area contributed by atoms with Crippen LogP contribution in [0.1, 0.15) is 24.1 Å². The first-order valence-electron chi connectivity index (χ1n) is 9.20. The van der Waals surface area contributed by atoms with Crippen molar-refractivity contribution in [1.29, 1.82) is 0 Å². The van der Waals surface area contributed by atoms with Crippen molar-refractivity contribution in [3.05, 3.63) is 64.1 Å². The number of nitrogens with zero attached hydrogens (tertiary/aromatic N) is 4. The van der Waals surface area contributed by atoms with Crippen LogP contribution in [0.2, 0.25) is 0 Å². The van der Waals surface area contributed by atoms with Crippen LogP contribution in [0.5, 0.6) is 5.75 Å². The quantitative estimate of drug-likeness (QED) is 0.452. The molecule has 3 heterocycles. The molecule has 2 aromatic heterocycles. The molecule has 152 valence electrons. The highest BCUT2D eigenvalue weighted by molar-refractivity contribution is 7.89. The number of hydrogen-bond donors (Lipinski definition) is 0. The van der Waals surface area contributed by atoms with Crippen LogP contribution in [0.3, 0.4) is 0 Å². The van der Waals surface area contributed by atoms with E-state index in [9.17, 15) is 18.5 Å². The van der Waals surface area contributed by atoms with E-state index in [0.717, 1.165) is 30.1 Å². The van der Waals surface area contributed by atoms with E-state index in [2.05, 4.69) is 4.98 Å². The minimum atomic E-state index is -3.74. The standard InChI is InChI=1S/C19H20N4O5S/c1-14-4-7-19-20-15(12-21(19)11-14)13-28-18-6-5-16(10-17(18)23(24)25)29(26,27)22-8-2-3-9-22/h4-7,10-12H,2-3,8-9,13H2,1H3. The van der Waals surface area contributed by atoms with Crippen molar-refractivity contribution in [2.75, 3.05) is 13.1 Å². The SMILES string of the molecule is Cc1ccc2nc(COc3ccc(S(=O)(=O)N4CCCC4)cc3[N+](=O)[O-])cn2c1. The number of sulfonamides is 1. The second-order valence-corrected chi connectivity index (χ2v) is 8.93. The Bertz CT molecular complexity index is 1180. The van der Waals surface area contributed by atoms with Gasteiger partial charge in [0.25, 0.3) is 0 Å². The van der Waals surface area contributed by atoms with E-state index in [-0.39, 0.29) is 22.9 Å². The van der Waals surface area contributed by atoms with Gasteiger partial charge in [-0.2, -0.15) is 4.31 Å². The summed E-state index contributed by atoms with van der Waals surface area (Å²) in [6, 6.07) is 7.57. The maximum Gasteiger partial charge on any atom is 0.312 e. The molecule has 0 N–H and O–H groups in total. The van der Waals surface area contributed by atoms with Gasteiger partial charge in [0.1, 0.15) is 12.3 Å². The second kappa shape index (κ2) is 7.45. The van der Waals surface area contributed by atoms with E-state index < -0.39 is 14.9 Å². The van der Waals surface area contributed by atoms with E-state index in [0.29, 0.717) is 18.8 Å². The molecular formula is C19H20N4O5S. The second-order valence-electron chi connectivity index (χ2n) is 6.99. The zero-order valence-corrected chi connectivity index (χ0v) is 16.6. The fourth-order valence-electron chi connectivity index (χ4n) is 3.38. The molecule has 0 aliphatic carbocycles. The van der Waals surface area contributed by atoms with Crippen molar-refractivity contribution in [3.63, 3.8) is 0 Å². The van der Waals surface area contributed by atoms with Crippen LogP contribution in [0.15, 0.2) is 47.6 Å². The van der Waals surface area contributed by atoms with Gasteiger partial charge in [-0.05, 0) is 43.5 Å². The summed E-state index contributed by atoms with van der Waals surface area (Å²) in [5.41, 5.74) is 2.05. The van der Waals surface area contributed by atoms with Crippen LogP contribution in [-0.2, 0) is 16.6 Å². The van der Waals surface area contributed by atoms with E-state index in [1.165, 1.54) is 16.4 Å². The fraction of sp³-hybridized carbons (Fsp3) is 0.316. The lowest BCUT2D eigenvalue weighted by Crippen LogP contribution is -2.27. The zero-order chi connectivity index (χ0) is 20.6. The molecule has 1 saturated heterocycles. The third kappa shape index (κ3) is 3.81. The summed E-state index contributed by atoms with van der Waals surface area (Å²) in [6.07, 6.45) is 5.30. The van der Waals surface area contributed by atoms with Gasteiger partial charge in [0.2, 0.25) is 10.0 Å². The molecule has 0 radical (unpaired) electrons. The molecule has 0 amide bonds. The van der Waals surface area contributed by atoms with Crippen LogP contribution in [0, 0.1) is 17.0 Å². The summed E-state index contributed by atoms with van der Waals surface area (Å²) in [5.74, 6) is 0.00334. The molecule has 0 spiro atoms. The Morgan fingerprint density at radius 3 is 2.66 bits per heavy atom. The van der Waals surface area contributed by atoms with Gasteiger partial charge in [-0.1, -0.05) is 6.07 Å². The van der Waals surface area contributed by atoms with Crippen molar-refractivity contribution in [2.45, 2.75) is 31.3 Å². The molecule has 0 atom stereocenters. The van der Waals surface area contributed by atoms with E-state index >= 15 is 0 Å². The van der Waals surface area contributed by atoms with Gasteiger partial charge in [0.15, 0.2) is 5.75 Å². The van der Waals surface area contributed by atoms with Crippen LogP contribution in [-0.4, -0.2) is 40.1 Å². The third-order valence-electron chi connectivity index (χ3n) is 4.85. The minimum Gasteiger partial charge on any atom is -0.480 e. The summed E-state index contributed by atoms with van der Waals surface area (Å²) < 4.78 is 34.2. The molecule has 1 aromatic carbocycles. The first-order valence-corrected chi connectivity index (χ1v) is 10.6. The number of aryl methyl sites for hydroxylation is 1. The molecule has 10 heteroatoms. The summed E-state index contributed by atoms with van der Waals surface area (Å²) in [5, 5.41) is 11.5. The van der Waals surface area contributed by atoms with Gasteiger partial charge in [-0.3, -0.25) is 10.1 Å². The fourth-order valence-corrected chi connectivity index (χ4v) is 4.91. The zero-order valence-electron chi connectivity index (χ0n) is 15.8. The van der Waals surface area contributed by atoms with Gasteiger partial charge < -0.3 is 9.14 Å². The highest BCUT2D eigenvalue weighted by Crippen LogP contribution is 2.32. The van der Waals surface area contributed by atoms with Crippen molar-refractivity contribution in [2.24, 2.45) is 0 Å². The smallest absolute Gasteiger partial charge is 0.312 e. The van der Waals surface area contributed by atoms with Crippen molar-refractivity contribution in [1.82, 2.24) is 13.7 Å². The highest BCUT2D eigenvalue weighted by Gasteiger charge is 2.29. The molecule has 1 aliphatic heterocycles. The molecule has 1 aliphatic rings. The molecule has 0 bridgehead atoms. The van der Waals surface area contributed by atoms with E-state index in [4.69, 9.17) is 4.74 Å². The Hall–Kier alpha value is -2.98. The molecule has 29 heavy (non-hydrogen) atoms. The maximum atomic E-state index is 12.7. The summed E-state index contributed by atoms with van der Waals surface area (Å²) >= 11 is 0. The topological polar surface area (TPSA) is 107 Å². The number of pyridine rings is 1. The van der Waals surface area contributed by atoms with Crippen molar-refractivity contribution in [3.8, 4) is 5.75 Å². The normalized spacial score (nSPS) is 15.1. The number of aromatic nitrogens is 2. The maximum absolute atomic E-state index is 12.7. The van der Waals surface area contributed by atoms with Gasteiger partial charge in [-0.15, -0.1) is 0 Å². The number of rotatable bonds is 6. The van der Waals surface area contributed by atoms with Gasteiger partial charge >= 0.3 is 5.69 Å². The average molecular weight is 416 g/mol. The predicted molar refractivity (Wildman–Crippen MR) is 105 cm³/mol. The summed E-state index contributed by atoms with van der Waals surface area (Å²) in [4.78, 5) is 15.2. The Labute approximate surface area is 167 Å². The average Bonchev–Trinajstić information content (AvgIpc) is 3.35. The molecule has 0 saturated carbocycles. The number of nitro benzene ring substituents is 1. The predicted octanol–water partition coefficient (Wildman–Crippen LogP) is 2.91. The number of ether oxygens (including phenoxy) is 1. The Morgan fingerprint density at radius 2 is 1.93 bits per heavy atom. The van der Waals surface area contributed by atoms with Gasteiger partial charge in [0.05, 0.1) is 15.5 Å².